The van der Waals surface area contributed by atoms with E-state index in [2.05, 4.69) is 5.32 Å². The second-order valence-electron chi connectivity index (χ2n) is 3.34. The van der Waals surface area contributed by atoms with Crippen molar-refractivity contribution in [3.8, 4) is 0 Å². The molecule has 0 aliphatic carbocycles. The molecule has 86 valence electrons. The van der Waals surface area contributed by atoms with Crippen LogP contribution in [0.25, 0.3) is 6.08 Å². The van der Waals surface area contributed by atoms with Gasteiger partial charge in [0.25, 0.3) is 0 Å². The van der Waals surface area contributed by atoms with Crippen LogP contribution in [-0.2, 0) is 0 Å². The fourth-order valence-electron chi connectivity index (χ4n) is 1.26. The van der Waals surface area contributed by atoms with Crippen LogP contribution in [0.1, 0.15) is 22.3 Å². The number of hydrogen-bond acceptors (Lipinski definition) is 2. The van der Waals surface area contributed by atoms with E-state index in [4.69, 9.17) is 16.7 Å². The van der Waals surface area contributed by atoms with Crippen molar-refractivity contribution in [3.63, 3.8) is 0 Å². The van der Waals surface area contributed by atoms with E-state index in [9.17, 15) is 4.79 Å². The Morgan fingerprint density at radius 3 is 2.94 bits per heavy atom. The molecule has 0 amide bonds. The molecule has 0 radical (unpaired) electrons. The second kappa shape index (κ2) is 6.30. The first kappa shape index (κ1) is 12.7. The van der Waals surface area contributed by atoms with Crippen LogP contribution in [0.2, 0.25) is 5.02 Å². The van der Waals surface area contributed by atoms with Crippen molar-refractivity contribution in [2.75, 3.05) is 13.6 Å². The first-order valence-electron chi connectivity index (χ1n) is 4.99. The molecule has 0 unspecified atom stereocenters. The summed E-state index contributed by atoms with van der Waals surface area (Å²) in [6.07, 6.45) is 4.78. The minimum atomic E-state index is -1.00. The molecule has 1 rings (SSSR count). The fraction of sp³-hybridized carbons (Fsp3) is 0.250. The summed E-state index contributed by atoms with van der Waals surface area (Å²) in [5, 5.41) is 12.2. The number of aromatic carboxylic acids is 1. The summed E-state index contributed by atoms with van der Waals surface area (Å²) < 4.78 is 0. The highest BCUT2D eigenvalue weighted by Gasteiger charge is 2.07. The highest BCUT2D eigenvalue weighted by Crippen LogP contribution is 2.18. The fourth-order valence-corrected chi connectivity index (χ4v) is 1.46. The number of carbonyl (C=O) groups is 1. The van der Waals surface area contributed by atoms with Crippen molar-refractivity contribution in [3.05, 3.63) is 40.4 Å². The van der Waals surface area contributed by atoms with E-state index in [1.54, 1.807) is 18.2 Å². The first-order chi connectivity index (χ1) is 7.65. The maximum absolute atomic E-state index is 10.8. The Balaban J connectivity index is 2.78. The molecule has 0 bridgehead atoms. The standard InChI is InChI=1S/C12H14ClNO2/c1-14-7-3-2-4-9-5-6-11(13)10(8-9)12(15)16/h2,4-6,8,14H,3,7H2,1H3,(H,15,16). The van der Waals surface area contributed by atoms with Gasteiger partial charge in [-0.1, -0.05) is 29.8 Å². The van der Waals surface area contributed by atoms with E-state index in [1.807, 2.05) is 19.2 Å². The third-order valence-electron chi connectivity index (χ3n) is 2.09. The van der Waals surface area contributed by atoms with Crippen molar-refractivity contribution >= 4 is 23.6 Å². The van der Waals surface area contributed by atoms with Crippen molar-refractivity contribution in [1.29, 1.82) is 0 Å². The predicted octanol–water partition coefficient (Wildman–Crippen LogP) is 2.66. The van der Waals surface area contributed by atoms with Gasteiger partial charge in [-0.3, -0.25) is 0 Å². The molecule has 0 heterocycles. The van der Waals surface area contributed by atoms with E-state index < -0.39 is 5.97 Å². The zero-order valence-corrected chi connectivity index (χ0v) is 9.79. The lowest BCUT2D eigenvalue weighted by Gasteiger charge is -2.00. The van der Waals surface area contributed by atoms with Gasteiger partial charge in [-0.25, -0.2) is 4.79 Å². The Bertz CT molecular complexity index is 402. The summed E-state index contributed by atoms with van der Waals surface area (Å²) in [4.78, 5) is 10.8. The lowest BCUT2D eigenvalue weighted by Crippen LogP contribution is -2.05. The van der Waals surface area contributed by atoms with Crippen LogP contribution >= 0.6 is 11.6 Å². The quantitative estimate of drug-likeness (QED) is 0.777. The molecule has 0 atom stereocenters. The molecule has 16 heavy (non-hydrogen) atoms. The van der Waals surface area contributed by atoms with Crippen molar-refractivity contribution in [1.82, 2.24) is 5.32 Å². The van der Waals surface area contributed by atoms with Crippen LogP contribution in [-0.4, -0.2) is 24.7 Å². The normalized spacial score (nSPS) is 10.9. The number of carboxylic acid groups (broad SMARTS) is 1. The molecule has 4 heteroatoms. The summed E-state index contributed by atoms with van der Waals surface area (Å²) in [6, 6.07) is 4.97. The SMILES string of the molecule is CNCCC=Cc1ccc(Cl)c(C(=O)O)c1. The van der Waals surface area contributed by atoms with Gasteiger partial charge in [0.15, 0.2) is 0 Å². The van der Waals surface area contributed by atoms with Gasteiger partial charge in [0, 0.05) is 0 Å². The van der Waals surface area contributed by atoms with E-state index in [0.29, 0.717) is 0 Å². The van der Waals surface area contributed by atoms with E-state index in [0.717, 1.165) is 18.5 Å². The van der Waals surface area contributed by atoms with Gasteiger partial charge in [-0.05, 0) is 37.7 Å². The Hall–Kier alpha value is -1.32. The van der Waals surface area contributed by atoms with E-state index >= 15 is 0 Å². The molecule has 0 saturated carbocycles. The number of hydrogen-bond donors (Lipinski definition) is 2. The zero-order valence-electron chi connectivity index (χ0n) is 9.03. The lowest BCUT2D eigenvalue weighted by molar-refractivity contribution is 0.0697. The maximum Gasteiger partial charge on any atom is 0.337 e. The minimum Gasteiger partial charge on any atom is -0.478 e. The van der Waals surface area contributed by atoms with Gasteiger partial charge in [0.2, 0.25) is 0 Å². The smallest absolute Gasteiger partial charge is 0.337 e. The Morgan fingerprint density at radius 1 is 1.56 bits per heavy atom. The van der Waals surface area contributed by atoms with Gasteiger partial charge in [0.1, 0.15) is 0 Å². The molecule has 0 aliphatic heterocycles. The second-order valence-corrected chi connectivity index (χ2v) is 3.75. The highest BCUT2D eigenvalue weighted by atomic mass is 35.5. The lowest BCUT2D eigenvalue weighted by atomic mass is 10.1. The van der Waals surface area contributed by atoms with Crippen LogP contribution in [0.4, 0.5) is 0 Å². The Labute approximate surface area is 99.7 Å². The molecular formula is C12H14ClNO2. The Kier molecular flexibility index (Phi) is 5.02. The number of benzene rings is 1. The van der Waals surface area contributed by atoms with Crippen molar-refractivity contribution in [2.45, 2.75) is 6.42 Å². The predicted molar refractivity (Wildman–Crippen MR) is 66.0 cm³/mol. The van der Waals surface area contributed by atoms with Crippen LogP contribution in [0, 0.1) is 0 Å². The molecule has 0 aromatic heterocycles. The molecular weight excluding hydrogens is 226 g/mol. The summed E-state index contributed by atoms with van der Waals surface area (Å²) in [5.74, 6) is -1.00. The topological polar surface area (TPSA) is 49.3 Å². The van der Waals surface area contributed by atoms with Crippen molar-refractivity contribution in [2.24, 2.45) is 0 Å². The maximum atomic E-state index is 10.8. The van der Waals surface area contributed by atoms with Gasteiger partial charge in [-0.2, -0.15) is 0 Å². The molecule has 0 aliphatic rings. The molecule has 0 spiro atoms. The van der Waals surface area contributed by atoms with Gasteiger partial charge in [0.05, 0.1) is 10.6 Å². The Morgan fingerprint density at radius 2 is 2.31 bits per heavy atom. The molecule has 0 fully saturated rings. The van der Waals surface area contributed by atoms with Crippen LogP contribution < -0.4 is 5.32 Å². The zero-order chi connectivity index (χ0) is 12.0. The third kappa shape index (κ3) is 3.68. The number of carboxylic acids is 1. The number of halogens is 1. The number of rotatable bonds is 5. The van der Waals surface area contributed by atoms with Crippen LogP contribution in [0.5, 0.6) is 0 Å². The molecule has 2 N–H and O–H groups in total. The summed E-state index contributed by atoms with van der Waals surface area (Å²) in [5.41, 5.74) is 0.982. The van der Waals surface area contributed by atoms with E-state index in [-0.39, 0.29) is 10.6 Å². The largest absolute Gasteiger partial charge is 0.478 e. The summed E-state index contributed by atoms with van der Waals surface area (Å²) in [7, 11) is 1.89. The molecule has 0 saturated heterocycles. The molecule has 1 aromatic rings. The number of nitrogens with one attached hydrogen (secondary N) is 1. The molecule has 3 nitrogen and oxygen atoms in total. The van der Waals surface area contributed by atoms with Crippen LogP contribution in [0.15, 0.2) is 24.3 Å². The van der Waals surface area contributed by atoms with Gasteiger partial charge < -0.3 is 10.4 Å². The van der Waals surface area contributed by atoms with Gasteiger partial charge in [-0.15, -0.1) is 0 Å². The summed E-state index contributed by atoms with van der Waals surface area (Å²) in [6.45, 7) is 0.899. The monoisotopic (exact) mass is 239 g/mol. The van der Waals surface area contributed by atoms with Crippen molar-refractivity contribution < 1.29 is 9.90 Å². The average molecular weight is 240 g/mol. The average Bonchev–Trinajstić information content (AvgIpc) is 2.26. The van der Waals surface area contributed by atoms with Gasteiger partial charge >= 0.3 is 5.97 Å². The minimum absolute atomic E-state index is 0.137. The van der Waals surface area contributed by atoms with Crippen LogP contribution in [0.3, 0.4) is 0 Å². The van der Waals surface area contributed by atoms with E-state index in [1.165, 1.54) is 0 Å². The summed E-state index contributed by atoms with van der Waals surface area (Å²) >= 11 is 5.76. The molecule has 1 aromatic carbocycles. The first-order valence-corrected chi connectivity index (χ1v) is 5.37. The third-order valence-corrected chi connectivity index (χ3v) is 2.42. The highest BCUT2D eigenvalue weighted by molar-refractivity contribution is 6.33.